The summed E-state index contributed by atoms with van der Waals surface area (Å²) < 4.78 is 9.94. The molecule has 0 aromatic heterocycles. The minimum absolute atomic E-state index is 0.194. The smallest absolute Gasteiger partial charge is 0.338 e. The number of carbonyl (C=O) groups excluding carboxylic acids is 2. The predicted molar refractivity (Wildman–Crippen MR) is 91.4 cm³/mol. The minimum Gasteiger partial charge on any atom is -0.497 e. The summed E-state index contributed by atoms with van der Waals surface area (Å²) in [5.74, 6) is 0.157. The van der Waals surface area contributed by atoms with Crippen LogP contribution in [0.1, 0.15) is 37.4 Å². The van der Waals surface area contributed by atoms with Gasteiger partial charge in [-0.3, -0.25) is 4.79 Å². The lowest BCUT2D eigenvalue weighted by Crippen LogP contribution is -2.23. The number of ether oxygens (including phenoxy) is 2. The van der Waals surface area contributed by atoms with Crippen LogP contribution in [-0.2, 0) is 11.3 Å². The number of benzene rings is 2. The van der Waals surface area contributed by atoms with Crippen molar-refractivity contribution in [3.63, 3.8) is 0 Å². The van der Waals surface area contributed by atoms with E-state index in [-0.39, 0.29) is 5.91 Å². The van der Waals surface area contributed by atoms with Crippen LogP contribution in [0, 0.1) is 13.8 Å². The first-order valence-corrected chi connectivity index (χ1v) is 7.57. The summed E-state index contributed by atoms with van der Waals surface area (Å²) >= 11 is 0. The lowest BCUT2D eigenvalue weighted by atomic mass is 9.99. The summed E-state index contributed by atoms with van der Waals surface area (Å²) in [5.41, 5.74) is 3.39. The quantitative estimate of drug-likeness (QED) is 0.857. The number of aryl methyl sites for hydroxylation is 2. The molecule has 0 radical (unpaired) electrons. The average molecular weight is 327 g/mol. The summed E-state index contributed by atoms with van der Waals surface area (Å²) in [5, 5.41) is 2.87. The molecule has 2 rings (SSSR count). The van der Waals surface area contributed by atoms with Crippen LogP contribution >= 0.6 is 0 Å². The molecule has 0 saturated heterocycles. The highest BCUT2D eigenvalue weighted by molar-refractivity contribution is 5.98. The molecule has 1 amide bonds. The Labute approximate surface area is 141 Å². The van der Waals surface area contributed by atoms with Gasteiger partial charge in [-0.25, -0.2) is 4.79 Å². The van der Waals surface area contributed by atoms with Crippen molar-refractivity contribution in [3.8, 4) is 5.75 Å². The first-order chi connectivity index (χ1) is 11.5. The number of hydrogen-bond acceptors (Lipinski definition) is 4. The second-order valence-electron chi connectivity index (χ2n) is 5.51. The largest absolute Gasteiger partial charge is 0.497 e. The molecule has 2 aromatic carbocycles. The van der Waals surface area contributed by atoms with Crippen molar-refractivity contribution in [1.29, 1.82) is 0 Å². The number of hydrogen-bond donors (Lipinski definition) is 1. The van der Waals surface area contributed by atoms with Gasteiger partial charge in [0.2, 0.25) is 0 Å². The van der Waals surface area contributed by atoms with Crippen LogP contribution in [0.3, 0.4) is 0 Å². The molecule has 2 aromatic rings. The van der Waals surface area contributed by atoms with Crippen molar-refractivity contribution in [2.75, 3.05) is 14.2 Å². The fourth-order valence-electron chi connectivity index (χ4n) is 2.59. The zero-order chi connectivity index (χ0) is 17.7. The Morgan fingerprint density at radius 1 is 1.04 bits per heavy atom. The van der Waals surface area contributed by atoms with Gasteiger partial charge in [0, 0.05) is 12.1 Å². The van der Waals surface area contributed by atoms with Crippen molar-refractivity contribution in [1.82, 2.24) is 5.32 Å². The number of amides is 1. The maximum absolute atomic E-state index is 12.4. The van der Waals surface area contributed by atoms with Crippen LogP contribution in [0.4, 0.5) is 0 Å². The van der Waals surface area contributed by atoms with Gasteiger partial charge in [0.1, 0.15) is 5.75 Å². The molecule has 5 heteroatoms. The van der Waals surface area contributed by atoms with E-state index < -0.39 is 5.97 Å². The summed E-state index contributed by atoms with van der Waals surface area (Å²) in [4.78, 5) is 24.1. The van der Waals surface area contributed by atoms with Gasteiger partial charge < -0.3 is 14.8 Å². The van der Waals surface area contributed by atoms with Gasteiger partial charge in [-0.05, 0) is 54.8 Å². The minimum atomic E-state index is -0.395. The normalized spacial score (nSPS) is 10.2. The van der Waals surface area contributed by atoms with Gasteiger partial charge >= 0.3 is 5.97 Å². The Kier molecular flexibility index (Phi) is 5.58. The van der Waals surface area contributed by atoms with E-state index in [0.717, 1.165) is 11.3 Å². The van der Waals surface area contributed by atoms with Crippen molar-refractivity contribution >= 4 is 11.9 Å². The molecule has 0 heterocycles. The molecule has 24 heavy (non-hydrogen) atoms. The zero-order valence-corrected chi connectivity index (χ0v) is 14.3. The Morgan fingerprint density at radius 3 is 2.29 bits per heavy atom. The fourth-order valence-corrected chi connectivity index (χ4v) is 2.59. The molecule has 0 aliphatic rings. The SMILES string of the molecule is COC(=O)c1c(C)cc(C(=O)NCc2cccc(OC)c2)cc1C. The molecular weight excluding hydrogens is 306 g/mol. The molecule has 0 saturated carbocycles. The Morgan fingerprint density at radius 2 is 1.71 bits per heavy atom. The number of esters is 1. The van der Waals surface area contributed by atoms with Crippen LogP contribution in [0.25, 0.3) is 0 Å². The van der Waals surface area contributed by atoms with Gasteiger partial charge in [0.25, 0.3) is 5.91 Å². The molecule has 0 aliphatic heterocycles. The Hall–Kier alpha value is -2.82. The molecule has 0 unspecified atom stereocenters. The van der Waals surface area contributed by atoms with Gasteiger partial charge in [-0.2, -0.15) is 0 Å². The lowest BCUT2D eigenvalue weighted by molar-refractivity contribution is 0.0598. The number of rotatable bonds is 5. The Balaban J connectivity index is 2.14. The summed E-state index contributed by atoms with van der Waals surface area (Å²) in [6.07, 6.45) is 0. The fraction of sp³-hybridized carbons (Fsp3) is 0.263. The maximum Gasteiger partial charge on any atom is 0.338 e. The molecule has 0 bridgehead atoms. The van der Waals surface area contributed by atoms with Gasteiger partial charge in [-0.15, -0.1) is 0 Å². The molecule has 0 aliphatic carbocycles. The third kappa shape index (κ3) is 3.93. The van der Waals surface area contributed by atoms with E-state index >= 15 is 0 Å². The summed E-state index contributed by atoms with van der Waals surface area (Å²) in [6.45, 7) is 3.98. The highest BCUT2D eigenvalue weighted by Gasteiger charge is 2.16. The standard InChI is InChI=1S/C19H21NO4/c1-12-8-15(9-13(2)17(12)19(22)24-4)18(21)20-11-14-6-5-7-16(10-14)23-3/h5-10H,11H2,1-4H3,(H,20,21). The molecule has 0 spiro atoms. The van der Waals surface area contributed by atoms with E-state index in [9.17, 15) is 9.59 Å². The monoisotopic (exact) mass is 327 g/mol. The van der Waals surface area contributed by atoms with Crippen LogP contribution in [0.15, 0.2) is 36.4 Å². The molecular formula is C19H21NO4. The maximum atomic E-state index is 12.4. The Bertz CT molecular complexity index is 745. The van der Waals surface area contributed by atoms with Crippen LogP contribution < -0.4 is 10.1 Å². The highest BCUT2D eigenvalue weighted by atomic mass is 16.5. The van der Waals surface area contributed by atoms with E-state index in [0.29, 0.717) is 28.8 Å². The van der Waals surface area contributed by atoms with Gasteiger partial charge in [0.05, 0.1) is 19.8 Å². The van der Waals surface area contributed by atoms with E-state index in [2.05, 4.69) is 5.32 Å². The van der Waals surface area contributed by atoms with E-state index in [1.54, 1.807) is 33.1 Å². The van der Waals surface area contributed by atoms with Crippen LogP contribution in [0.5, 0.6) is 5.75 Å². The topological polar surface area (TPSA) is 64.6 Å². The first-order valence-electron chi connectivity index (χ1n) is 7.57. The summed E-state index contributed by atoms with van der Waals surface area (Å²) in [7, 11) is 2.95. The number of carbonyl (C=O) groups is 2. The first kappa shape index (κ1) is 17.5. The molecule has 5 nitrogen and oxygen atoms in total. The van der Waals surface area contributed by atoms with Crippen LogP contribution in [0.2, 0.25) is 0 Å². The highest BCUT2D eigenvalue weighted by Crippen LogP contribution is 2.18. The van der Waals surface area contributed by atoms with Crippen LogP contribution in [-0.4, -0.2) is 26.1 Å². The van der Waals surface area contributed by atoms with Crippen molar-refractivity contribution in [2.24, 2.45) is 0 Å². The predicted octanol–water partition coefficient (Wildman–Crippen LogP) is 3.03. The second-order valence-corrected chi connectivity index (χ2v) is 5.51. The second kappa shape index (κ2) is 7.64. The van der Waals surface area contributed by atoms with Gasteiger partial charge in [-0.1, -0.05) is 12.1 Å². The molecule has 0 fully saturated rings. The van der Waals surface area contributed by atoms with Crippen molar-refractivity contribution in [2.45, 2.75) is 20.4 Å². The zero-order valence-electron chi connectivity index (χ0n) is 14.3. The van der Waals surface area contributed by atoms with Gasteiger partial charge in [0.15, 0.2) is 0 Å². The third-order valence-corrected chi connectivity index (χ3v) is 3.77. The average Bonchev–Trinajstić information content (AvgIpc) is 2.58. The molecule has 1 N–H and O–H groups in total. The molecule has 0 atom stereocenters. The number of methoxy groups -OCH3 is 2. The van der Waals surface area contributed by atoms with E-state index in [1.165, 1.54) is 7.11 Å². The number of nitrogens with one attached hydrogen (secondary N) is 1. The van der Waals surface area contributed by atoms with Crippen molar-refractivity contribution < 1.29 is 19.1 Å². The summed E-state index contributed by atoms with van der Waals surface area (Å²) in [6, 6.07) is 10.9. The molecule has 126 valence electrons. The third-order valence-electron chi connectivity index (χ3n) is 3.77. The van der Waals surface area contributed by atoms with Crippen molar-refractivity contribution in [3.05, 3.63) is 64.2 Å². The lowest BCUT2D eigenvalue weighted by Gasteiger charge is -2.11. The van der Waals surface area contributed by atoms with E-state index in [1.807, 2.05) is 24.3 Å². The van der Waals surface area contributed by atoms with E-state index in [4.69, 9.17) is 9.47 Å².